The summed E-state index contributed by atoms with van der Waals surface area (Å²) in [6.07, 6.45) is 0.237. The van der Waals surface area contributed by atoms with Gasteiger partial charge in [-0.15, -0.1) is 0 Å². The molecule has 1 aliphatic heterocycles. The third kappa shape index (κ3) is 4.30. The number of urea groups is 1. The Morgan fingerprint density at radius 3 is 2.77 bits per heavy atom. The Kier molecular flexibility index (Phi) is 5.36. The topological polar surface area (TPSA) is 70.7 Å². The van der Waals surface area contributed by atoms with Crippen molar-refractivity contribution in [1.29, 1.82) is 0 Å². The Balaban J connectivity index is 1.53. The van der Waals surface area contributed by atoms with Crippen LogP contribution in [0, 0.1) is 5.82 Å². The van der Waals surface area contributed by atoms with Crippen molar-refractivity contribution in [2.75, 3.05) is 18.6 Å². The number of halogens is 1. The molecule has 0 aromatic heterocycles. The minimum atomic E-state index is -0.361. The summed E-state index contributed by atoms with van der Waals surface area (Å²) in [7, 11) is 1.57. The molecule has 1 aliphatic rings. The summed E-state index contributed by atoms with van der Waals surface area (Å²) in [6.45, 7) is 0.683. The number of carbonyl (C=O) groups is 2. The van der Waals surface area contributed by atoms with E-state index in [9.17, 15) is 14.0 Å². The second-order valence-corrected chi connectivity index (χ2v) is 6.06. The van der Waals surface area contributed by atoms with E-state index in [1.165, 1.54) is 12.1 Å². The van der Waals surface area contributed by atoms with E-state index in [4.69, 9.17) is 4.74 Å². The lowest BCUT2D eigenvalue weighted by Crippen LogP contribution is -2.43. The van der Waals surface area contributed by atoms with E-state index < -0.39 is 0 Å². The highest BCUT2D eigenvalue weighted by molar-refractivity contribution is 5.97. The molecule has 1 fully saturated rings. The quantitative estimate of drug-likeness (QED) is 0.863. The zero-order valence-electron chi connectivity index (χ0n) is 14.4. The zero-order chi connectivity index (χ0) is 18.5. The standard InChI is InChI=1S/C19H20FN3O3/c1-26-17-4-2-3-16(10-17)23-12-15(9-18(23)24)22-19(25)21-11-13-5-7-14(20)8-6-13/h2-8,10,15H,9,11-12H2,1H3,(H2,21,22,25)/t15-/m0/s1. The number of rotatable bonds is 5. The summed E-state index contributed by atoms with van der Waals surface area (Å²) >= 11 is 0. The lowest BCUT2D eigenvalue weighted by molar-refractivity contribution is -0.117. The molecule has 0 unspecified atom stereocenters. The molecule has 3 amide bonds. The molecule has 1 saturated heterocycles. The van der Waals surface area contributed by atoms with E-state index in [1.54, 1.807) is 30.2 Å². The largest absolute Gasteiger partial charge is 0.497 e. The molecule has 2 aromatic carbocycles. The van der Waals surface area contributed by atoms with Crippen molar-refractivity contribution in [1.82, 2.24) is 10.6 Å². The maximum Gasteiger partial charge on any atom is 0.315 e. The molecule has 6 nitrogen and oxygen atoms in total. The summed E-state index contributed by atoms with van der Waals surface area (Å²) < 4.78 is 18.1. The molecule has 0 bridgehead atoms. The minimum absolute atomic E-state index is 0.0536. The molecule has 3 rings (SSSR count). The fourth-order valence-corrected chi connectivity index (χ4v) is 2.85. The predicted octanol–water partition coefficient (Wildman–Crippen LogP) is 2.44. The number of benzene rings is 2. The fourth-order valence-electron chi connectivity index (χ4n) is 2.85. The number of methoxy groups -OCH3 is 1. The van der Waals surface area contributed by atoms with Gasteiger partial charge in [0.05, 0.1) is 13.2 Å². The van der Waals surface area contributed by atoms with E-state index in [2.05, 4.69) is 10.6 Å². The number of nitrogens with zero attached hydrogens (tertiary/aromatic N) is 1. The van der Waals surface area contributed by atoms with E-state index in [1.807, 2.05) is 18.2 Å². The molecule has 2 aromatic rings. The molecule has 0 spiro atoms. The highest BCUT2D eigenvalue weighted by atomic mass is 19.1. The van der Waals surface area contributed by atoms with E-state index >= 15 is 0 Å². The van der Waals surface area contributed by atoms with Crippen molar-refractivity contribution in [3.05, 3.63) is 59.9 Å². The van der Waals surface area contributed by atoms with Gasteiger partial charge in [0, 0.05) is 31.3 Å². The van der Waals surface area contributed by atoms with Gasteiger partial charge in [0.1, 0.15) is 11.6 Å². The van der Waals surface area contributed by atoms with Crippen LogP contribution < -0.4 is 20.3 Å². The Hall–Kier alpha value is -3.09. The van der Waals surface area contributed by atoms with Crippen molar-refractivity contribution in [2.45, 2.75) is 19.0 Å². The average molecular weight is 357 g/mol. The number of carbonyl (C=O) groups excluding carboxylic acids is 2. The van der Waals surface area contributed by atoms with Gasteiger partial charge in [-0.2, -0.15) is 0 Å². The van der Waals surface area contributed by atoms with Crippen LogP contribution >= 0.6 is 0 Å². The van der Waals surface area contributed by atoms with Crippen LogP contribution in [0.5, 0.6) is 5.75 Å². The van der Waals surface area contributed by atoms with Crippen molar-refractivity contribution < 1.29 is 18.7 Å². The molecule has 1 atom stereocenters. The molecule has 0 aliphatic carbocycles. The van der Waals surface area contributed by atoms with Crippen LogP contribution in [-0.4, -0.2) is 31.6 Å². The summed E-state index contributed by atoms with van der Waals surface area (Å²) in [5.41, 5.74) is 1.53. The van der Waals surface area contributed by atoms with Crippen LogP contribution in [0.1, 0.15) is 12.0 Å². The first-order valence-electron chi connectivity index (χ1n) is 8.28. The van der Waals surface area contributed by atoms with Gasteiger partial charge in [0.2, 0.25) is 5.91 Å². The first-order chi connectivity index (χ1) is 12.5. The number of amides is 3. The monoisotopic (exact) mass is 357 g/mol. The Morgan fingerprint density at radius 2 is 2.04 bits per heavy atom. The van der Waals surface area contributed by atoms with Crippen LogP contribution in [0.4, 0.5) is 14.9 Å². The lowest BCUT2D eigenvalue weighted by atomic mass is 10.2. The second kappa shape index (κ2) is 7.86. The van der Waals surface area contributed by atoms with E-state index in [0.717, 1.165) is 11.3 Å². The molecular formula is C19H20FN3O3. The molecule has 0 radical (unpaired) electrons. The molecule has 2 N–H and O–H groups in total. The summed E-state index contributed by atoms with van der Waals surface area (Å²) in [6, 6.07) is 12.5. The third-order valence-electron chi connectivity index (χ3n) is 4.19. The van der Waals surface area contributed by atoms with Gasteiger partial charge in [-0.25, -0.2) is 9.18 Å². The molecule has 26 heavy (non-hydrogen) atoms. The van der Waals surface area contributed by atoms with Gasteiger partial charge in [-0.1, -0.05) is 18.2 Å². The van der Waals surface area contributed by atoms with Gasteiger partial charge in [0.25, 0.3) is 0 Å². The van der Waals surface area contributed by atoms with Crippen LogP contribution in [0.3, 0.4) is 0 Å². The summed E-state index contributed by atoms with van der Waals surface area (Å²) in [4.78, 5) is 25.9. The number of ether oxygens (including phenoxy) is 1. The number of hydrogen-bond donors (Lipinski definition) is 2. The van der Waals surface area contributed by atoms with Crippen molar-refractivity contribution in [3.63, 3.8) is 0 Å². The number of nitrogens with one attached hydrogen (secondary N) is 2. The minimum Gasteiger partial charge on any atom is -0.497 e. The van der Waals surface area contributed by atoms with Gasteiger partial charge >= 0.3 is 6.03 Å². The average Bonchev–Trinajstić information content (AvgIpc) is 3.01. The maximum absolute atomic E-state index is 12.9. The maximum atomic E-state index is 12.9. The Labute approximate surface area is 150 Å². The second-order valence-electron chi connectivity index (χ2n) is 6.06. The molecule has 0 saturated carbocycles. The van der Waals surface area contributed by atoms with Gasteiger partial charge in [0.15, 0.2) is 0 Å². The molecular weight excluding hydrogens is 337 g/mol. The van der Waals surface area contributed by atoms with Gasteiger partial charge in [-0.05, 0) is 29.8 Å². The molecule has 136 valence electrons. The normalized spacial score (nSPS) is 16.5. The third-order valence-corrected chi connectivity index (χ3v) is 4.19. The SMILES string of the molecule is COc1cccc(N2C[C@@H](NC(=O)NCc3ccc(F)cc3)CC2=O)c1. The van der Waals surface area contributed by atoms with Crippen molar-refractivity contribution in [3.8, 4) is 5.75 Å². The van der Waals surface area contributed by atoms with Crippen LogP contribution in [0.15, 0.2) is 48.5 Å². The Morgan fingerprint density at radius 1 is 1.27 bits per heavy atom. The summed E-state index contributed by atoms with van der Waals surface area (Å²) in [5.74, 6) is 0.297. The fraction of sp³-hybridized carbons (Fsp3) is 0.263. The Bertz CT molecular complexity index is 795. The zero-order valence-corrected chi connectivity index (χ0v) is 14.4. The predicted molar refractivity (Wildman–Crippen MR) is 95.5 cm³/mol. The number of anilines is 1. The molecule has 7 heteroatoms. The van der Waals surface area contributed by atoms with Gasteiger partial charge < -0.3 is 20.3 Å². The highest BCUT2D eigenvalue weighted by Crippen LogP contribution is 2.25. The van der Waals surface area contributed by atoms with E-state index in [0.29, 0.717) is 12.3 Å². The van der Waals surface area contributed by atoms with Crippen LogP contribution in [0.25, 0.3) is 0 Å². The lowest BCUT2D eigenvalue weighted by Gasteiger charge is -2.18. The van der Waals surface area contributed by atoms with Crippen LogP contribution in [0.2, 0.25) is 0 Å². The first kappa shape index (κ1) is 17.7. The van der Waals surface area contributed by atoms with E-state index in [-0.39, 0.29) is 36.8 Å². The highest BCUT2D eigenvalue weighted by Gasteiger charge is 2.31. The molecule has 1 heterocycles. The number of hydrogen-bond acceptors (Lipinski definition) is 3. The van der Waals surface area contributed by atoms with Crippen LogP contribution in [-0.2, 0) is 11.3 Å². The van der Waals surface area contributed by atoms with Crippen molar-refractivity contribution in [2.24, 2.45) is 0 Å². The summed E-state index contributed by atoms with van der Waals surface area (Å²) in [5, 5.41) is 5.51. The van der Waals surface area contributed by atoms with Gasteiger partial charge in [-0.3, -0.25) is 4.79 Å². The van der Waals surface area contributed by atoms with Crippen molar-refractivity contribution >= 4 is 17.6 Å². The first-order valence-corrected chi connectivity index (χ1v) is 8.28. The smallest absolute Gasteiger partial charge is 0.315 e.